The lowest BCUT2D eigenvalue weighted by Crippen LogP contribution is -2.55. The molecule has 0 bridgehead atoms. The standard InChI is InChI=1S/C26H31N5O6/c1-27-22(19-23(32)28(2)25(27)34)30-16-14-29(15-17-30)13-8-18-37-21-11-6-7-12-26(21,31(35)36)24(33)20-9-4-3-5-10-20/h3-7,9-12,19,21H,8,13-18H2,1-2H3. The van der Waals surface area contributed by atoms with Gasteiger partial charge in [0.1, 0.15) is 5.82 Å². The van der Waals surface area contributed by atoms with E-state index >= 15 is 0 Å². The van der Waals surface area contributed by atoms with Gasteiger partial charge >= 0.3 is 11.2 Å². The number of Topliss-reactive ketones (excluding diaryl/α,β-unsaturated/α-hetero) is 1. The van der Waals surface area contributed by atoms with Gasteiger partial charge in [-0.1, -0.05) is 42.5 Å². The van der Waals surface area contributed by atoms with E-state index in [0.717, 1.165) is 17.7 Å². The largest absolute Gasteiger partial charge is 0.366 e. The van der Waals surface area contributed by atoms with Gasteiger partial charge in [0.05, 0.1) is 0 Å². The number of benzene rings is 1. The maximum atomic E-state index is 13.2. The van der Waals surface area contributed by atoms with Crippen molar-refractivity contribution in [2.75, 3.05) is 44.2 Å². The number of nitro groups is 1. The fourth-order valence-electron chi connectivity index (χ4n) is 4.79. The van der Waals surface area contributed by atoms with Crippen molar-refractivity contribution in [2.45, 2.75) is 18.1 Å². The first-order valence-corrected chi connectivity index (χ1v) is 12.2. The molecule has 4 rings (SSSR count). The van der Waals surface area contributed by atoms with Crippen LogP contribution in [0.3, 0.4) is 0 Å². The van der Waals surface area contributed by atoms with Crippen molar-refractivity contribution in [1.29, 1.82) is 0 Å². The van der Waals surface area contributed by atoms with Gasteiger partial charge in [-0.25, -0.2) is 4.79 Å². The number of aromatic nitrogens is 2. The molecule has 0 N–H and O–H groups in total. The fraction of sp³-hybridized carbons (Fsp3) is 0.423. The molecular weight excluding hydrogens is 478 g/mol. The second-order valence-electron chi connectivity index (χ2n) is 9.24. The number of nitrogens with zero attached hydrogens (tertiary/aromatic N) is 5. The van der Waals surface area contributed by atoms with Crippen molar-refractivity contribution >= 4 is 11.6 Å². The second kappa shape index (κ2) is 11.1. The van der Waals surface area contributed by atoms with Crippen molar-refractivity contribution in [3.05, 3.63) is 97.2 Å². The van der Waals surface area contributed by atoms with Crippen LogP contribution in [0.1, 0.15) is 16.8 Å². The van der Waals surface area contributed by atoms with Gasteiger partial charge in [-0.05, 0) is 12.5 Å². The summed E-state index contributed by atoms with van der Waals surface area (Å²) in [7, 11) is 3.12. The van der Waals surface area contributed by atoms with Crippen LogP contribution in [0.2, 0.25) is 0 Å². The highest BCUT2D eigenvalue weighted by atomic mass is 16.6. The molecule has 196 valence electrons. The van der Waals surface area contributed by atoms with E-state index in [1.165, 1.54) is 29.8 Å². The summed E-state index contributed by atoms with van der Waals surface area (Å²) in [6.07, 6.45) is 5.67. The zero-order chi connectivity index (χ0) is 26.6. The number of hydrogen-bond acceptors (Lipinski definition) is 8. The van der Waals surface area contributed by atoms with Crippen LogP contribution >= 0.6 is 0 Å². The van der Waals surface area contributed by atoms with Crippen LogP contribution in [0.15, 0.2) is 70.3 Å². The molecule has 2 heterocycles. The van der Waals surface area contributed by atoms with E-state index in [1.54, 1.807) is 49.5 Å². The molecule has 1 saturated heterocycles. The van der Waals surface area contributed by atoms with Crippen LogP contribution in [0, 0.1) is 10.1 Å². The summed E-state index contributed by atoms with van der Waals surface area (Å²) in [5.41, 5.74) is -2.44. The molecule has 2 aliphatic rings. The third-order valence-electron chi connectivity index (χ3n) is 7.00. The second-order valence-corrected chi connectivity index (χ2v) is 9.24. The molecule has 2 unspecified atom stereocenters. The van der Waals surface area contributed by atoms with Gasteiger partial charge in [-0.3, -0.25) is 33.7 Å². The van der Waals surface area contributed by atoms with Crippen molar-refractivity contribution < 1.29 is 14.5 Å². The van der Waals surface area contributed by atoms with Crippen LogP contribution in [0.4, 0.5) is 5.82 Å². The van der Waals surface area contributed by atoms with Gasteiger partial charge in [-0.2, -0.15) is 0 Å². The topological polar surface area (TPSA) is 120 Å². The Hall–Kier alpha value is -3.83. The zero-order valence-corrected chi connectivity index (χ0v) is 21.0. The summed E-state index contributed by atoms with van der Waals surface area (Å²) in [5, 5.41) is 12.2. The Balaban J connectivity index is 1.32. The molecule has 1 aliphatic heterocycles. The fourth-order valence-corrected chi connectivity index (χ4v) is 4.79. The number of ketones is 1. The molecule has 0 radical (unpaired) electrons. The summed E-state index contributed by atoms with van der Waals surface area (Å²) >= 11 is 0. The molecule has 1 aromatic carbocycles. The van der Waals surface area contributed by atoms with Crippen LogP contribution in [-0.2, 0) is 18.8 Å². The number of ether oxygens (including phenoxy) is 1. The quantitative estimate of drug-likeness (QED) is 0.213. The number of rotatable bonds is 9. The predicted molar refractivity (Wildman–Crippen MR) is 139 cm³/mol. The van der Waals surface area contributed by atoms with Crippen molar-refractivity contribution in [2.24, 2.45) is 14.1 Å². The molecular formula is C26H31N5O6. The Bertz CT molecular complexity index is 1320. The minimum Gasteiger partial charge on any atom is -0.366 e. The van der Waals surface area contributed by atoms with E-state index in [0.29, 0.717) is 31.9 Å². The number of allylic oxidation sites excluding steroid dienone is 2. The molecule has 2 aromatic rings. The Labute approximate surface area is 214 Å². The monoisotopic (exact) mass is 509 g/mol. The number of anilines is 1. The third-order valence-corrected chi connectivity index (χ3v) is 7.00. The normalized spacial score (nSPS) is 21.8. The molecule has 11 heteroatoms. The summed E-state index contributed by atoms with van der Waals surface area (Å²) in [6, 6.07) is 9.73. The molecule has 37 heavy (non-hydrogen) atoms. The van der Waals surface area contributed by atoms with E-state index in [2.05, 4.69) is 4.90 Å². The van der Waals surface area contributed by atoms with Crippen molar-refractivity contribution in [3.8, 4) is 0 Å². The highest BCUT2D eigenvalue weighted by Crippen LogP contribution is 2.29. The molecule has 1 aromatic heterocycles. The zero-order valence-electron chi connectivity index (χ0n) is 21.0. The van der Waals surface area contributed by atoms with Crippen molar-refractivity contribution in [1.82, 2.24) is 14.0 Å². The summed E-state index contributed by atoms with van der Waals surface area (Å²) < 4.78 is 8.49. The van der Waals surface area contributed by atoms with Gasteiger partial charge < -0.3 is 9.64 Å². The summed E-state index contributed by atoms with van der Waals surface area (Å²) in [4.78, 5) is 53.4. The number of carbonyl (C=O) groups excluding carboxylic acids is 1. The summed E-state index contributed by atoms with van der Waals surface area (Å²) in [6.45, 7) is 3.76. The third kappa shape index (κ3) is 5.18. The van der Waals surface area contributed by atoms with Gasteiger partial charge in [0.25, 0.3) is 5.56 Å². The highest BCUT2D eigenvalue weighted by molar-refractivity contribution is 6.04. The lowest BCUT2D eigenvalue weighted by Gasteiger charge is -2.36. The molecule has 1 aliphatic carbocycles. The van der Waals surface area contributed by atoms with Crippen LogP contribution in [0.25, 0.3) is 0 Å². The Morgan fingerprint density at radius 2 is 1.78 bits per heavy atom. The van der Waals surface area contributed by atoms with Gasteiger partial charge in [0.2, 0.25) is 5.78 Å². The van der Waals surface area contributed by atoms with E-state index in [4.69, 9.17) is 4.74 Å². The molecule has 0 spiro atoms. The maximum absolute atomic E-state index is 13.2. The highest BCUT2D eigenvalue weighted by Gasteiger charge is 2.56. The minimum atomic E-state index is -2.01. The Morgan fingerprint density at radius 1 is 1.08 bits per heavy atom. The average Bonchev–Trinajstić information content (AvgIpc) is 2.92. The predicted octanol–water partition coefficient (Wildman–Crippen LogP) is 1.01. The maximum Gasteiger partial charge on any atom is 0.332 e. The smallest absolute Gasteiger partial charge is 0.332 e. The van der Waals surface area contributed by atoms with Gasteiger partial charge in [0.15, 0.2) is 6.10 Å². The molecule has 2 atom stereocenters. The molecule has 0 saturated carbocycles. The minimum absolute atomic E-state index is 0.254. The van der Waals surface area contributed by atoms with E-state index < -0.39 is 22.3 Å². The van der Waals surface area contributed by atoms with Crippen LogP contribution in [0.5, 0.6) is 0 Å². The van der Waals surface area contributed by atoms with Gasteiger partial charge in [-0.15, -0.1) is 0 Å². The number of piperazine rings is 1. The van der Waals surface area contributed by atoms with Crippen LogP contribution < -0.4 is 16.1 Å². The lowest BCUT2D eigenvalue weighted by atomic mass is 9.81. The summed E-state index contributed by atoms with van der Waals surface area (Å²) in [5.74, 6) is -0.00242. The molecule has 11 nitrogen and oxygen atoms in total. The average molecular weight is 510 g/mol. The van der Waals surface area contributed by atoms with E-state index in [1.807, 2.05) is 4.90 Å². The Kier molecular flexibility index (Phi) is 7.84. The van der Waals surface area contributed by atoms with E-state index in [-0.39, 0.29) is 23.4 Å². The van der Waals surface area contributed by atoms with Crippen LogP contribution in [-0.4, -0.2) is 75.7 Å². The van der Waals surface area contributed by atoms with Gasteiger partial charge in [0, 0.05) is 76.1 Å². The Morgan fingerprint density at radius 3 is 2.46 bits per heavy atom. The molecule has 0 amide bonds. The van der Waals surface area contributed by atoms with Crippen molar-refractivity contribution in [3.63, 3.8) is 0 Å². The SMILES string of the molecule is Cn1c(N2CCN(CCCOC3C=CC=CC3(C(=O)c3ccccc3)[N+](=O)[O-])CC2)cc(=O)n(C)c1=O. The first-order valence-electron chi connectivity index (χ1n) is 12.2. The molecule has 1 fully saturated rings. The number of hydrogen-bond donors (Lipinski definition) is 0. The van der Waals surface area contributed by atoms with E-state index in [9.17, 15) is 24.5 Å². The first kappa shape index (κ1) is 26.2. The number of carbonyl (C=O) groups is 1. The first-order chi connectivity index (χ1) is 17.8. The lowest BCUT2D eigenvalue weighted by molar-refractivity contribution is -0.546.